The van der Waals surface area contributed by atoms with E-state index in [1.54, 1.807) is 32.4 Å². The fourth-order valence-corrected chi connectivity index (χ4v) is 3.17. The van der Waals surface area contributed by atoms with Crippen LogP contribution < -0.4 is 9.47 Å². The molecule has 1 aliphatic rings. The molecule has 0 spiro atoms. The van der Waals surface area contributed by atoms with Crippen LogP contribution in [0.4, 0.5) is 0 Å². The smallest absolute Gasteiger partial charge is 0.343 e. The largest absolute Gasteiger partial charge is 0.497 e. The third-order valence-corrected chi connectivity index (χ3v) is 4.53. The maximum Gasteiger partial charge on any atom is 0.343 e. The first kappa shape index (κ1) is 16.9. The van der Waals surface area contributed by atoms with Crippen LogP contribution in [0.5, 0.6) is 11.5 Å². The van der Waals surface area contributed by atoms with Crippen molar-refractivity contribution in [2.75, 3.05) is 14.2 Å². The van der Waals surface area contributed by atoms with E-state index in [2.05, 4.69) is 0 Å². The first-order valence-corrected chi connectivity index (χ1v) is 8.55. The molecule has 0 unspecified atom stereocenters. The van der Waals surface area contributed by atoms with Crippen molar-refractivity contribution >= 4 is 28.6 Å². The summed E-state index contributed by atoms with van der Waals surface area (Å²) in [5, 5.41) is 2.21. The predicted molar refractivity (Wildman–Crippen MR) is 106 cm³/mol. The van der Waals surface area contributed by atoms with Crippen LogP contribution in [-0.4, -0.2) is 20.2 Å². The maximum atomic E-state index is 12.4. The van der Waals surface area contributed by atoms with Crippen molar-refractivity contribution in [3.8, 4) is 11.5 Å². The van der Waals surface area contributed by atoms with E-state index in [1.165, 1.54) is 0 Å². The topological polar surface area (TPSA) is 44.8 Å². The van der Waals surface area contributed by atoms with Crippen molar-refractivity contribution in [1.29, 1.82) is 0 Å². The second kappa shape index (κ2) is 7.00. The van der Waals surface area contributed by atoms with E-state index < -0.39 is 0 Å². The molecule has 1 aliphatic heterocycles. The number of cyclic esters (lactones) is 1. The Labute approximate surface area is 157 Å². The van der Waals surface area contributed by atoms with Crippen molar-refractivity contribution in [2.24, 2.45) is 0 Å². The van der Waals surface area contributed by atoms with Crippen molar-refractivity contribution in [1.82, 2.24) is 0 Å². The molecular formula is C23H18O4. The monoisotopic (exact) mass is 358 g/mol. The third kappa shape index (κ3) is 3.17. The number of hydrogen-bond acceptors (Lipinski definition) is 4. The lowest BCUT2D eigenvalue weighted by Gasteiger charge is -2.10. The van der Waals surface area contributed by atoms with E-state index >= 15 is 0 Å². The second-order valence-electron chi connectivity index (χ2n) is 6.13. The van der Waals surface area contributed by atoms with Gasteiger partial charge in [0.2, 0.25) is 0 Å². The molecule has 1 heterocycles. The quantitative estimate of drug-likeness (QED) is 0.495. The van der Waals surface area contributed by atoms with Gasteiger partial charge in [-0.1, -0.05) is 42.5 Å². The molecule has 0 amide bonds. The number of carbonyl (C=O) groups excluding carboxylic acids is 1. The molecular weight excluding hydrogens is 340 g/mol. The minimum atomic E-state index is -0.379. The van der Waals surface area contributed by atoms with Gasteiger partial charge in [0.1, 0.15) is 17.3 Å². The molecule has 0 atom stereocenters. The van der Waals surface area contributed by atoms with E-state index in [-0.39, 0.29) is 5.97 Å². The van der Waals surface area contributed by atoms with Gasteiger partial charge in [-0.25, -0.2) is 4.79 Å². The van der Waals surface area contributed by atoms with E-state index in [4.69, 9.17) is 14.2 Å². The molecule has 4 nitrogen and oxygen atoms in total. The Kier molecular flexibility index (Phi) is 4.38. The zero-order chi connectivity index (χ0) is 18.8. The normalized spacial score (nSPS) is 15.0. The minimum Gasteiger partial charge on any atom is -0.497 e. The van der Waals surface area contributed by atoms with Crippen LogP contribution in [0, 0.1) is 0 Å². The highest BCUT2D eigenvalue weighted by Gasteiger charge is 2.24. The lowest BCUT2D eigenvalue weighted by atomic mass is 10.0. The lowest BCUT2D eigenvalue weighted by molar-refractivity contribution is -0.130. The molecule has 0 radical (unpaired) electrons. The molecule has 27 heavy (non-hydrogen) atoms. The van der Waals surface area contributed by atoms with Crippen molar-refractivity contribution in [3.63, 3.8) is 0 Å². The number of methoxy groups -OCH3 is 2. The average Bonchev–Trinajstić information content (AvgIpc) is 3.08. The van der Waals surface area contributed by atoms with E-state index in [0.29, 0.717) is 28.4 Å². The first-order valence-electron chi connectivity index (χ1n) is 8.55. The van der Waals surface area contributed by atoms with E-state index in [1.807, 2.05) is 54.6 Å². The number of rotatable bonds is 4. The summed E-state index contributed by atoms with van der Waals surface area (Å²) in [7, 11) is 3.16. The van der Waals surface area contributed by atoms with E-state index in [0.717, 1.165) is 16.3 Å². The summed E-state index contributed by atoms with van der Waals surface area (Å²) in [6, 6.07) is 19.5. The molecule has 0 saturated heterocycles. The van der Waals surface area contributed by atoms with Crippen molar-refractivity contribution in [3.05, 3.63) is 83.4 Å². The van der Waals surface area contributed by atoms with Crippen LogP contribution in [-0.2, 0) is 9.53 Å². The minimum absolute atomic E-state index is 0.379. The molecule has 4 heteroatoms. The Morgan fingerprint density at radius 3 is 2.56 bits per heavy atom. The fraction of sp³-hybridized carbons (Fsp3) is 0.0870. The number of fused-ring (bicyclic) bond motifs is 1. The van der Waals surface area contributed by atoms with Crippen LogP contribution in [0.3, 0.4) is 0 Å². The van der Waals surface area contributed by atoms with Crippen LogP contribution in [0.2, 0.25) is 0 Å². The standard InChI is InChI=1S/C23H18O4/c1-25-18-10-11-20(21(14-18)26-2)22-13-17(23(24)27-22)12-16-8-5-7-15-6-3-4-9-19(15)16/h3-14H,1-2H3. The first-order chi connectivity index (χ1) is 13.2. The molecule has 3 aromatic carbocycles. The molecule has 0 fully saturated rings. The summed E-state index contributed by atoms with van der Waals surface area (Å²) in [4.78, 5) is 12.4. The highest BCUT2D eigenvalue weighted by atomic mass is 16.5. The zero-order valence-electron chi connectivity index (χ0n) is 15.1. The zero-order valence-corrected chi connectivity index (χ0v) is 15.1. The maximum absolute atomic E-state index is 12.4. The van der Waals surface area contributed by atoms with Crippen LogP contribution in [0.25, 0.3) is 22.6 Å². The van der Waals surface area contributed by atoms with Gasteiger partial charge in [-0.2, -0.15) is 0 Å². The Hall–Kier alpha value is -3.53. The number of carbonyl (C=O) groups is 1. The molecule has 0 saturated carbocycles. The molecule has 0 bridgehead atoms. The van der Waals surface area contributed by atoms with Gasteiger partial charge in [0.15, 0.2) is 0 Å². The number of ether oxygens (including phenoxy) is 3. The summed E-state index contributed by atoms with van der Waals surface area (Å²) in [5.41, 5.74) is 2.17. The molecule has 4 rings (SSSR count). The molecule has 0 aromatic heterocycles. The van der Waals surface area contributed by atoms with Gasteiger partial charge in [-0.3, -0.25) is 0 Å². The van der Waals surface area contributed by atoms with Gasteiger partial charge in [-0.15, -0.1) is 0 Å². The highest BCUT2D eigenvalue weighted by Crippen LogP contribution is 2.35. The van der Waals surface area contributed by atoms with Gasteiger partial charge < -0.3 is 14.2 Å². The van der Waals surface area contributed by atoms with Gasteiger partial charge in [0.05, 0.1) is 25.4 Å². The Morgan fingerprint density at radius 2 is 1.74 bits per heavy atom. The van der Waals surface area contributed by atoms with Crippen molar-refractivity contribution < 1.29 is 19.0 Å². The van der Waals surface area contributed by atoms with Crippen molar-refractivity contribution in [2.45, 2.75) is 0 Å². The van der Waals surface area contributed by atoms with Crippen LogP contribution >= 0.6 is 0 Å². The Bertz CT molecular complexity index is 1090. The average molecular weight is 358 g/mol. The molecule has 0 aliphatic carbocycles. The summed E-state index contributed by atoms with van der Waals surface area (Å²) < 4.78 is 16.1. The van der Waals surface area contributed by atoms with Crippen LogP contribution in [0.1, 0.15) is 11.1 Å². The predicted octanol–water partition coefficient (Wildman–Crippen LogP) is 4.84. The van der Waals surface area contributed by atoms with E-state index in [9.17, 15) is 4.79 Å². The molecule has 0 N–H and O–H groups in total. The molecule has 134 valence electrons. The summed E-state index contributed by atoms with van der Waals surface area (Å²) in [5.74, 6) is 1.34. The van der Waals surface area contributed by atoms with Gasteiger partial charge >= 0.3 is 5.97 Å². The third-order valence-electron chi connectivity index (χ3n) is 4.53. The number of benzene rings is 3. The second-order valence-corrected chi connectivity index (χ2v) is 6.13. The van der Waals surface area contributed by atoms with Gasteiger partial charge in [0, 0.05) is 6.07 Å². The number of hydrogen-bond donors (Lipinski definition) is 0. The SMILES string of the molecule is COc1ccc(C2=CC(=Cc3cccc4ccccc34)C(=O)O2)c(OC)c1. The molecule has 3 aromatic rings. The Morgan fingerprint density at radius 1 is 0.926 bits per heavy atom. The number of esters is 1. The lowest BCUT2D eigenvalue weighted by Crippen LogP contribution is -1.98. The fourth-order valence-electron chi connectivity index (χ4n) is 3.17. The van der Waals surface area contributed by atoms with Gasteiger partial charge in [-0.05, 0) is 40.6 Å². The summed E-state index contributed by atoms with van der Waals surface area (Å²) in [6.07, 6.45) is 3.60. The summed E-state index contributed by atoms with van der Waals surface area (Å²) >= 11 is 0. The summed E-state index contributed by atoms with van der Waals surface area (Å²) in [6.45, 7) is 0. The van der Waals surface area contributed by atoms with Gasteiger partial charge in [0.25, 0.3) is 0 Å². The highest BCUT2D eigenvalue weighted by molar-refractivity contribution is 6.07. The van der Waals surface area contributed by atoms with Crippen LogP contribution in [0.15, 0.2) is 72.3 Å². The Balaban J connectivity index is 1.76.